The van der Waals surface area contributed by atoms with Crippen LogP contribution in [0.3, 0.4) is 0 Å². The van der Waals surface area contributed by atoms with Gasteiger partial charge in [0.25, 0.3) is 0 Å². The van der Waals surface area contributed by atoms with Gasteiger partial charge in [-0.25, -0.2) is 0 Å². The van der Waals surface area contributed by atoms with Crippen LogP contribution in [0.5, 0.6) is 5.75 Å². The minimum absolute atomic E-state index is 0.0338. The predicted octanol–water partition coefficient (Wildman–Crippen LogP) is 5.96. The lowest BCUT2D eigenvalue weighted by Gasteiger charge is -2.27. The summed E-state index contributed by atoms with van der Waals surface area (Å²) < 4.78 is 5.47. The van der Waals surface area contributed by atoms with Gasteiger partial charge in [0.1, 0.15) is 12.0 Å². The van der Waals surface area contributed by atoms with E-state index in [0.29, 0.717) is 11.3 Å². The largest absolute Gasteiger partial charge is 0.426 e. The fourth-order valence-electron chi connectivity index (χ4n) is 3.71. The summed E-state index contributed by atoms with van der Waals surface area (Å²) in [6, 6.07) is 6.72. The summed E-state index contributed by atoms with van der Waals surface area (Å²) in [5.41, 5.74) is 0.593. The number of carbonyl (C=O) groups is 2. The molecule has 1 saturated carbocycles. The molecule has 0 aliphatic heterocycles. The van der Waals surface area contributed by atoms with Crippen LogP contribution in [0.2, 0.25) is 0 Å². The molecule has 0 amide bonds. The number of hydrogen-bond acceptors (Lipinski definition) is 3. The van der Waals surface area contributed by atoms with Crippen molar-refractivity contribution in [3.05, 3.63) is 29.8 Å². The Labute approximate surface area is 152 Å². The molecule has 0 aromatic heterocycles. The van der Waals surface area contributed by atoms with Crippen LogP contribution in [-0.4, -0.2) is 12.3 Å². The van der Waals surface area contributed by atoms with Gasteiger partial charge in [-0.05, 0) is 55.9 Å². The maximum absolute atomic E-state index is 12.3. The standard InChI is InChI=1S/C22H32O3/c1-2-3-4-5-6-7-8-18-9-13-20(14-10-18)22(24)25-21-15-11-19(17-23)12-16-21/h11-12,15-18,20H,2-10,13-14H2,1H3. The third-order valence-electron chi connectivity index (χ3n) is 5.38. The number of carbonyl (C=O) groups excluding carboxylic acids is 2. The van der Waals surface area contributed by atoms with Gasteiger partial charge in [-0.1, -0.05) is 51.9 Å². The van der Waals surface area contributed by atoms with Crippen LogP contribution in [0.4, 0.5) is 0 Å². The molecule has 138 valence electrons. The minimum Gasteiger partial charge on any atom is -0.426 e. The molecule has 1 aliphatic rings. The van der Waals surface area contributed by atoms with E-state index in [-0.39, 0.29) is 11.9 Å². The van der Waals surface area contributed by atoms with Gasteiger partial charge in [0.15, 0.2) is 0 Å². The van der Waals surface area contributed by atoms with E-state index >= 15 is 0 Å². The summed E-state index contributed by atoms with van der Waals surface area (Å²) in [7, 11) is 0. The molecule has 0 spiro atoms. The van der Waals surface area contributed by atoms with Gasteiger partial charge in [-0.3, -0.25) is 9.59 Å². The van der Waals surface area contributed by atoms with Gasteiger partial charge in [0, 0.05) is 5.56 Å². The first kappa shape index (κ1) is 19.7. The van der Waals surface area contributed by atoms with Crippen LogP contribution in [0, 0.1) is 11.8 Å². The van der Waals surface area contributed by atoms with Gasteiger partial charge in [-0.15, -0.1) is 0 Å². The fraction of sp³-hybridized carbons (Fsp3) is 0.636. The molecule has 0 saturated heterocycles. The Morgan fingerprint density at radius 3 is 2.28 bits per heavy atom. The fourth-order valence-corrected chi connectivity index (χ4v) is 3.71. The van der Waals surface area contributed by atoms with Crippen LogP contribution in [0.1, 0.15) is 87.9 Å². The minimum atomic E-state index is -0.114. The number of benzene rings is 1. The van der Waals surface area contributed by atoms with E-state index in [4.69, 9.17) is 4.74 Å². The second kappa shape index (κ2) is 11.1. The first-order chi connectivity index (χ1) is 12.2. The first-order valence-corrected chi connectivity index (χ1v) is 10.00. The highest BCUT2D eigenvalue weighted by atomic mass is 16.5. The first-order valence-electron chi connectivity index (χ1n) is 10.00. The van der Waals surface area contributed by atoms with E-state index in [9.17, 15) is 9.59 Å². The predicted molar refractivity (Wildman–Crippen MR) is 101 cm³/mol. The van der Waals surface area contributed by atoms with Crippen molar-refractivity contribution in [2.75, 3.05) is 0 Å². The molecule has 25 heavy (non-hydrogen) atoms. The van der Waals surface area contributed by atoms with Crippen molar-refractivity contribution in [1.82, 2.24) is 0 Å². The molecule has 3 heteroatoms. The number of rotatable bonds is 10. The zero-order valence-corrected chi connectivity index (χ0v) is 15.5. The lowest BCUT2D eigenvalue weighted by atomic mass is 9.80. The highest BCUT2D eigenvalue weighted by molar-refractivity contribution is 5.77. The average Bonchev–Trinajstić information content (AvgIpc) is 2.65. The van der Waals surface area contributed by atoms with Gasteiger partial charge in [0.05, 0.1) is 5.92 Å². The molecule has 0 heterocycles. The highest BCUT2D eigenvalue weighted by Crippen LogP contribution is 2.33. The average molecular weight is 344 g/mol. The molecular formula is C22H32O3. The molecule has 1 aromatic rings. The van der Waals surface area contributed by atoms with Gasteiger partial charge >= 0.3 is 5.97 Å². The van der Waals surface area contributed by atoms with Crippen molar-refractivity contribution >= 4 is 12.3 Å². The smallest absolute Gasteiger partial charge is 0.314 e. The van der Waals surface area contributed by atoms with Gasteiger partial charge in [-0.2, -0.15) is 0 Å². The Morgan fingerprint density at radius 2 is 1.64 bits per heavy atom. The number of esters is 1. The molecular weight excluding hydrogens is 312 g/mol. The van der Waals surface area contributed by atoms with E-state index < -0.39 is 0 Å². The van der Waals surface area contributed by atoms with E-state index in [2.05, 4.69) is 6.92 Å². The molecule has 0 bridgehead atoms. The van der Waals surface area contributed by atoms with Crippen molar-refractivity contribution in [2.45, 2.75) is 77.6 Å². The van der Waals surface area contributed by atoms with Crippen LogP contribution < -0.4 is 4.74 Å². The quantitative estimate of drug-likeness (QED) is 0.227. The SMILES string of the molecule is CCCCCCCCC1CCC(C(=O)Oc2ccc(C=O)cc2)CC1. The maximum Gasteiger partial charge on any atom is 0.314 e. The lowest BCUT2D eigenvalue weighted by molar-refractivity contribution is -0.140. The highest BCUT2D eigenvalue weighted by Gasteiger charge is 2.27. The second-order valence-corrected chi connectivity index (χ2v) is 7.38. The van der Waals surface area contributed by atoms with E-state index in [1.807, 2.05) is 0 Å². The van der Waals surface area contributed by atoms with Crippen LogP contribution >= 0.6 is 0 Å². The summed E-state index contributed by atoms with van der Waals surface area (Å²) in [5, 5.41) is 0. The Bertz CT molecular complexity index is 513. The summed E-state index contributed by atoms with van der Waals surface area (Å²) in [5.74, 6) is 1.25. The van der Waals surface area contributed by atoms with E-state index in [1.165, 1.54) is 44.9 Å². The number of aldehydes is 1. The van der Waals surface area contributed by atoms with Crippen molar-refractivity contribution in [2.24, 2.45) is 11.8 Å². The Hall–Kier alpha value is -1.64. The van der Waals surface area contributed by atoms with E-state index in [0.717, 1.165) is 37.9 Å². The molecule has 0 unspecified atom stereocenters. The molecule has 1 aromatic carbocycles. The molecule has 2 rings (SSSR count). The molecule has 3 nitrogen and oxygen atoms in total. The number of unbranched alkanes of at least 4 members (excludes halogenated alkanes) is 5. The summed E-state index contributed by atoms with van der Waals surface area (Å²) >= 11 is 0. The van der Waals surface area contributed by atoms with E-state index in [1.54, 1.807) is 24.3 Å². The number of hydrogen-bond donors (Lipinski definition) is 0. The third-order valence-corrected chi connectivity index (χ3v) is 5.38. The third kappa shape index (κ3) is 7.01. The van der Waals surface area contributed by atoms with Crippen LogP contribution in [-0.2, 0) is 4.79 Å². The number of ether oxygens (including phenoxy) is 1. The molecule has 0 radical (unpaired) electrons. The zero-order chi connectivity index (χ0) is 17.9. The van der Waals surface area contributed by atoms with Crippen LogP contribution in [0.25, 0.3) is 0 Å². The summed E-state index contributed by atoms with van der Waals surface area (Å²) in [6.07, 6.45) is 14.4. The van der Waals surface area contributed by atoms with Crippen LogP contribution in [0.15, 0.2) is 24.3 Å². The van der Waals surface area contributed by atoms with Crippen molar-refractivity contribution in [3.8, 4) is 5.75 Å². The van der Waals surface area contributed by atoms with Gasteiger partial charge in [0.2, 0.25) is 0 Å². The molecule has 0 N–H and O–H groups in total. The summed E-state index contributed by atoms with van der Waals surface area (Å²) in [6.45, 7) is 2.25. The Morgan fingerprint density at radius 1 is 1.00 bits per heavy atom. The summed E-state index contributed by atoms with van der Waals surface area (Å²) in [4.78, 5) is 22.9. The lowest BCUT2D eigenvalue weighted by Crippen LogP contribution is -2.25. The molecule has 0 atom stereocenters. The van der Waals surface area contributed by atoms with Crippen molar-refractivity contribution in [1.29, 1.82) is 0 Å². The second-order valence-electron chi connectivity index (χ2n) is 7.38. The zero-order valence-electron chi connectivity index (χ0n) is 15.5. The normalized spacial score (nSPS) is 20.2. The van der Waals surface area contributed by atoms with Gasteiger partial charge < -0.3 is 4.74 Å². The topological polar surface area (TPSA) is 43.4 Å². The van der Waals surface area contributed by atoms with Crippen molar-refractivity contribution in [3.63, 3.8) is 0 Å². The van der Waals surface area contributed by atoms with Crippen molar-refractivity contribution < 1.29 is 14.3 Å². The molecule has 1 fully saturated rings. The Kier molecular flexibility index (Phi) is 8.71. The molecule has 1 aliphatic carbocycles. The monoisotopic (exact) mass is 344 g/mol. The maximum atomic E-state index is 12.3. The Balaban J connectivity index is 1.63.